The Morgan fingerprint density at radius 1 is 0.972 bits per heavy atom. The molecule has 1 aliphatic heterocycles. The molecule has 2 aliphatic carbocycles. The van der Waals surface area contributed by atoms with E-state index in [4.69, 9.17) is 21.1 Å². The lowest BCUT2D eigenvalue weighted by atomic mass is 9.63. The van der Waals surface area contributed by atoms with Crippen LogP contribution in [0.15, 0.2) is 40.7 Å². The molecule has 0 saturated carbocycles. The predicted molar refractivity (Wildman–Crippen MR) is 143 cm³/mol. The lowest BCUT2D eigenvalue weighted by molar-refractivity contribution is -0.119. The largest absolute Gasteiger partial charge is 0.489 e. The maximum Gasteiger partial charge on any atom is 0.162 e. The molecule has 6 heteroatoms. The van der Waals surface area contributed by atoms with E-state index in [1.165, 1.54) is 0 Å². The Balaban J connectivity index is 1.92. The van der Waals surface area contributed by atoms with Crippen molar-refractivity contribution in [2.75, 3.05) is 20.3 Å². The Hall–Kier alpha value is -2.11. The summed E-state index contributed by atoms with van der Waals surface area (Å²) in [6.45, 7) is 13.9. The van der Waals surface area contributed by atoms with Gasteiger partial charge in [0.25, 0.3) is 0 Å². The molecular weight excluding hydrogens is 474 g/mol. The zero-order valence-corrected chi connectivity index (χ0v) is 23.6. The fourth-order valence-corrected chi connectivity index (χ4v) is 6.30. The average Bonchev–Trinajstić information content (AvgIpc) is 2.73. The number of halogens is 1. The number of Topliss-reactive ketones (excluding diaryl/α,β-unsaturated/α-hetero) is 2. The number of ketones is 2. The van der Waals surface area contributed by atoms with Crippen LogP contribution in [-0.2, 0) is 14.3 Å². The fourth-order valence-electron chi connectivity index (χ4n) is 6.06. The van der Waals surface area contributed by atoms with Gasteiger partial charge in [0, 0.05) is 61.6 Å². The molecule has 1 aromatic rings. The van der Waals surface area contributed by atoms with Crippen LogP contribution < -0.4 is 4.74 Å². The Kier molecular flexibility index (Phi) is 7.47. The van der Waals surface area contributed by atoms with Crippen LogP contribution in [0, 0.1) is 10.8 Å². The van der Waals surface area contributed by atoms with E-state index >= 15 is 0 Å². The van der Waals surface area contributed by atoms with Gasteiger partial charge in [0.2, 0.25) is 0 Å². The molecule has 0 atom stereocenters. The van der Waals surface area contributed by atoms with Crippen molar-refractivity contribution < 1.29 is 19.1 Å². The Bertz CT molecular complexity index is 1070. The fraction of sp³-hybridized carbons (Fsp3) is 0.600. The first kappa shape index (κ1) is 26.9. The van der Waals surface area contributed by atoms with Gasteiger partial charge in [-0.05, 0) is 61.6 Å². The Morgan fingerprint density at radius 3 is 2.00 bits per heavy atom. The van der Waals surface area contributed by atoms with E-state index in [9.17, 15) is 9.59 Å². The molecule has 1 aromatic carbocycles. The number of nitrogens with zero attached hydrogens (tertiary/aromatic N) is 1. The van der Waals surface area contributed by atoms with E-state index in [1.807, 2.05) is 32.0 Å². The highest BCUT2D eigenvalue weighted by atomic mass is 35.5. The topological polar surface area (TPSA) is 55.8 Å². The number of benzene rings is 1. The van der Waals surface area contributed by atoms with Gasteiger partial charge < -0.3 is 14.4 Å². The average molecular weight is 514 g/mol. The molecular formula is C30H40ClNO4. The first-order chi connectivity index (χ1) is 16.8. The van der Waals surface area contributed by atoms with Crippen molar-refractivity contribution in [3.63, 3.8) is 0 Å². The third-order valence-corrected chi connectivity index (χ3v) is 7.70. The van der Waals surface area contributed by atoms with Gasteiger partial charge in [0.15, 0.2) is 11.6 Å². The Labute approximate surface area is 220 Å². The molecule has 0 radical (unpaired) electrons. The zero-order chi connectivity index (χ0) is 26.4. The van der Waals surface area contributed by atoms with Crippen LogP contribution in [0.3, 0.4) is 0 Å². The smallest absolute Gasteiger partial charge is 0.162 e. The van der Waals surface area contributed by atoms with Crippen LogP contribution in [0.25, 0.3) is 0 Å². The summed E-state index contributed by atoms with van der Waals surface area (Å²) in [5, 5.41) is 0.500. The summed E-state index contributed by atoms with van der Waals surface area (Å²) < 4.78 is 11.2. The van der Waals surface area contributed by atoms with Gasteiger partial charge in [-0.25, -0.2) is 0 Å². The van der Waals surface area contributed by atoms with Crippen LogP contribution in [0.4, 0.5) is 0 Å². The SMILES string of the molecule is COCCCN1C2=C(C(=O)CC(C)(C)C2)C(c2ccc(OC(C)C)c(Cl)c2)C2=C1CC(C)(C)CC2=O. The normalized spacial score (nSPS) is 21.8. The molecule has 1 heterocycles. The first-order valence-corrected chi connectivity index (χ1v) is 13.5. The second-order valence-corrected chi connectivity index (χ2v) is 12.8. The van der Waals surface area contributed by atoms with Gasteiger partial charge in [-0.3, -0.25) is 9.59 Å². The summed E-state index contributed by atoms with van der Waals surface area (Å²) in [6, 6.07) is 5.74. The van der Waals surface area contributed by atoms with Crippen molar-refractivity contribution >= 4 is 23.2 Å². The molecule has 4 rings (SSSR count). The number of rotatable bonds is 7. The van der Waals surface area contributed by atoms with E-state index < -0.39 is 5.92 Å². The van der Waals surface area contributed by atoms with Crippen molar-refractivity contribution in [3.8, 4) is 5.75 Å². The summed E-state index contributed by atoms with van der Waals surface area (Å²) in [5.41, 5.74) is 4.28. The van der Waals surface area contributed by atoms with Gasteiger partial charge in [-0.2, -0.15) is 0 Å². The van der Waals surface area contributed by atoms with E-state index in [0.717, 1.165) is 53.9 Å². The maximum absolute atomic E-state index is 13.8. The molecule has 0 bridgehead atoms. The van der Waals surface area contributed by atoms with Gasteiger partial charge in [-0.1, -0.05) is 45.4 Å². The van der Waals surface area contributed by atoms with E-state index in [2.05, 4.69) is 32.6 Å². The van der Waals surface area contributed by atoms with Crippen molar-refractivity contribution in [3.05, 3.63) is 51.3 Å². The highest BCUT2D eigenvalue weighted by Gasteiger charge is 2.48. The van der Waals surface area contributed by atoms with E-state index in [0.29, 0.717) is 30.2 Å². The summed E-state index contributed by atoms with van der Waals surface area (Å²) in [4.78, 5) is 29.9. The van der Waals surface area contributed by atoms with Crippen molar-refractivity contribution in [1.82, 2.24) is 4.90 Å². The first-order valence-electron chi connectivity index (χ1n) is 13.1. The van der Waals surface area contributed by atoms with Crippen molar-refractivity contribution in [2.45, 2.75) is 85.7 Å². The predicted octanol–water partition coefficient (Wildman–Crippen LogP) is 6.85. The molecule has 3 aliphatic rings. The number of allylic oxidation sites excluding steroid dienone is 4. The lowest BCUT2D eigenvalue weighted by Crippen LogP contribution is -2.44. The highest BCUT2D eigenvalue weighted by Crippen LogP contribution is 2.54. The lowest BCUT2D eigenvalue weighted by Gasteiger charge is -2.49. The van der Waals surface area contributed by atoms with E-state index in [-0.39, 0.29) is 28.5 Å². The monoisotopic (exact) mass is 513 g/mol. The molecule has 0 N–H and O–H groups in total. The van der Waals surface area contributed by atoms with Gasteiger partial charge in [0.05, 0.1) is 11.1 Å². The van der Waals surface area contributed by atoms with E-state index in [1.54, 1.807) is 7.11 Å². The number of methoxy groups -OCH3 is 1. The number of hydrogen-bond donors (Lipinski definition) is 0. The summed E-state index contributed by atoms with van der Waals surface area (Å²) in [6.07, 6.45) is 3.36. The van der Waals surface area contributed by atoms with Gasteiger partial charge in [-0.15, -0.1) is 0 Å². The molecule has 0 unspecified atom stereocenters. The second kappa shape index (κ2) is 9.98. The van der Waals surface area contributed by atoms with Gasteiger partial charge in [0.1, 0.15) is 5.75 Å². The van der Waals surface area contributed by atoms with Crippen LogP contribution in [0.5, 0.6) is 5.75 Å². The molecule has 5 nitrogen and oxygen atoms in total. The van der Waals surface area contributed by atoms with Gasteiger partial charge >= 0.3 is 0 Å². The highest BCUT2D eigenvalue weighted by molar-refractivity contribution is 6.32. The molecule has 0 amide bonds. The van der Waals surface area contributed by atoms with Crippen LogP contribution >= 0.6 is 11.6 Å². The van der Waals surface area contributed by atoms with Crippen molar-refractivity contribution in [1.29, 1.82) is 0 Å². The summed E-state index contributed by atoms with van der Waals surface area (Å²) in [5.74, 6) is 0.478. The van der Waals surface area contributed by atoms with Crippen LogP contribution in [-0.4, -0.2) is 42.8 Å². The number of carbonyl (C=O) groups excluding carboxylic acids is 2. The third-order valence-electron chi connectivity index (χ3n) is 7.40. The molecule has 196 valence electrons. The number of hydrogen-bond acceptors (Lipinski definition) is 5. The summed E-state index contributed by atoms with van der Waals surface area (Å²) >= 11 is 6.67. The number of ether oxygens (including phenoxy) is 2. The molecule has 0 aromatic heterocycles. The third kappa shape index (κ3) is 5.28. The second-order valence-electron chi connectivity index (χ2n) is 12.4. The molecule has 0 fully saturated rings. The quantitative estimate of drug-likeness (QED) is 0.373. The number of carbonyl (C=O) groups is 2. The van der Waals surface area contributed by atoms with Crippen LogP contribution in [0.2, 0.25) is 5.02 Å². The minimum atomic E-state index is -0.397. The minimum Gasteiger partial charge on any atom is -0.489 e. The molecule has 36 heavy (non-hydrogen) atoms. The minimum absolute atomic E-state index is 0.00313. The van der Waals surface area contributed by atoms with Crippen LogP contribution in [0.1, 0.15) is 85.1 Å². The maximum atomic E-state index is 13.8. The molecule has 0 saturated heterocycles. The standard InChI is InChI=1S/C30H40ClNO4/c1-18(2)36-25-10-9-19(13-20(25)31)26-27-21(14-29(3,4)16-23(27)33)32(11-8-12-35-7)22-15-30(5,6)17-24(34)28(22)26/h9-10,13,18,26H,8,11-12,14-17H2,1-7H3. The zero-order valence-electron chi connectivity index (χ0n) is 22.8. The Morgan fingerprint density at radius 2 is 1.53 bits per heavy atom. The van der Waals surface area contributed by atoms with Crippen molar-refractivity contribution in [2.24, 2.45) is 10.8 Å². The molecule has 0 spiro atoms. The summed E-state index contributed by atoms with van der Waals surface area (Å²) in [7, 11) is 1.71.